The van der Waals surface area contributed by atoms with E-state index in [0.29, 0.717) is 28.9 Å². The predicted octanol–water partition coefficient (Wildman–Crippen LogP) is 1.53. The summed E-state index contributed by atoms with van der Waals surface area (Å²) in [5, 5.41) is 10.5. The molecule has 1 aliphatic heterocycles. The minimum atomic E-state index is -0.454. The van der Waals surface area contributed by atoms with Crippen LogP contribution in [0.15, 0.2) is 6.20 Å². The summed E-state index contributed by atoms with van der Waals surface area (Å²) in [5.41, 5.74) is -0.132. The van der Waals surface area contributed by atoms with Crippen molar-refractivity contribution < 1.29 is 14.3 Å². The van der Waals surface area contributed by atoms with Crippen molar-refractivity contribution in [3.63, 3.8) is 0 Å². The number of aromatic amines is 1. The normalized spacial score (nSPS) is 16.0. The van der Waals surface area contributed by atoms with Crippen LogP contribution in [-0.2, 0) is 21.4 Å². The number of hydrogen-bond donors (Lipinski definition) is 2. The first-order valence-electron chi connectivity index (χ1n) is 7.32. The number of hydrogen-bond acceptors (Lipinski definition) is 7. The lowest BCUT2D eigenvalue weighted by Gasteiger charge is -2.11. The van der Waals surface area contributed by atoms with Gasteiger partial charge in [-0.15, -0.1) is 11.3 Å². The van der Waals surface area contributed by atoms with E-state index in [-0.39, 0.29) is 17.9 Å². The van der Waals surface area contributed by atoms with E-state index >= 15 is 0 Å². The number of H-pyrrole nitrogens is 1. The zero-order valence-corrected chi connectivity index (χ0v) is 14.1. The summed E-state index contributed by atoms with van der Waals surface area (Å²) in [7, 11) is 0. The lowest BCUT2D eigenvalue weighted by Crippen LogP contribution is -2.22. The fourth-order valence-corrected chi connectivity index (χ4v) is 2.80. The van der Waals surface area contributed by atoms with Crippen LogP contribution in [0.25, 0.3) is 0 Å². The number of thiazole rings is 1. The Kier molecular flexibility index (Phi) is 4.42. The molecule has 1 fully saturated rings. The van der Waals surface area contributed by atoms with Gasteiger partial charge in [0, 0.05) is 5.41 Å². The Morgan fingerprint density at radius 3 is 2.83 bits per heavy atom. The van der Waals surface area contributed by atoms with E-state index in [1.54, 1.807) is 0 Å². The van der Waals surface area contributed by atoms with Crippen LogP contribution in [0.2, 0.25) is 0 Å². The first-order valence-corrected chi connectivity index (χ1v) is 8.14. The summed E-state index contributed by atoms with van der Waals surface area (Å²) in [6.45, 7) is 7.48. The van der Waals surface area contributed by atoms with Gasteiger partial charge in [0.25, 0.3) is 5.91 Å². The minimum absolute atomic E-state index is 0.132. The summed E-state index contributed by atoms with van der Waals surface area (Å²) < 4.78 is 10.7. The van der Waals surface area contributed by atoms with Crippen molar-refractivity contribution in [1.82, 2.24) is 25.5 Å². The average Bonchev–Trinajstić information content (AvgIpc) is 3.22. The molecule has 2 aromatic heterocycles. The SMILES string of the molecule is CC(C)(C)c1n[nH]c(CNC(=O)c2cnc(C3OCCO3)s2)n1. The number of carbonyl (C=O) groups is 1. The molecule has 1 amide bonds. The molecule has 0 saturated carbocycles. The standard InChI is InChI=1S/C14H19N5O3S/c1-14(2,3)13-17-9(18-19-13)7-15-10(20)8-6-16-11(23-8)12-21-4-5-22-12/h6,12H,4-5,7H2,1-3H3,(H,15,20)(H,17,18,19). The Morgan fingerprint density at radius 2 is 2.17 bits per heavy atom. The summed E-state index contributed by atoms with van der Waals surface area (Å²) in [4.78, 5) is 21.2. The maximum atomic E-state index is 12.2. The third kappa shape index (κ3) is 3.74. The number of rotatable bonds is 4. The third-order valence-electron chi connectivity index (χ3n) is 3.19. The summed E-state index contributed by atoms with van der Waals surface area (Å²) in [5.74, 6) is 1.13. The van der Waals surface area contributed by atoms with Crippen LogP contribution >= 0.6 is 11.3 Å². The molecule has 1 saturated heterocycles. The molecule has 0 spiro atoms. The van der Waals surface area contributed by atoms with Gasteiger partial charge >= 0.3 is 0 Å². The first-order chi connectivity index (χ1) is 10.9. The van der Waals surface area contributed by atoms with Gasteiger partial charge in [0.15, 0.2) is 5.82 Å². The summed E-state index contributed by atoms with van der Waals surface area (Å²) in [6, 6.07) is 0. The van der Waals surface area contributed by atoms with Crippen LogP contribution in [-0.4, -0.2) is 39.3 Å². The van der Waals surface area contributed by atoms with Crippen molar-refractivity contribution in [1.29, 1.82) is 0 Å². The largest absolute Gasteiger partial charge is 0.344 e. The quantitative estimate of drug-likeness (QED) is 0.877. The van der Waals surface area contributed by atoms with Crippen molar-refractivity contribution in [2.45, 2.75) is 39.0 Å². The number of nitrogens with zero attached hydrogens (tertiary/aromatic N) is 3. The Hall–Kier alpha value is -1.84. The van der Waals surface area contributed by atoms with Crippen molar-refractivity contribution in [2.24, 2.45) is 0 Å². The first kappa shape index (κ1) is 16.0. The zero-order valence-electron chi connectivity index (χ0n) is 13.3. The molecule has 0 bridgehead atoms. The number of aromatic nitrogens is 4. The molecule has 124 valence electrons. The topological polar surface area (TPSA) is 102 Å². The molecule has 9 heteroatoms. The molecule has 0 atom stereocenters. The number of ether oxygens (including phenoxy) is 2. The lowest BCUT2D eigenvalue weighted by molar-refractivity contribution is -0.0442. The molecule has 3 heterocycles. The molecule has 0 radical (unpaired) electrons. The molecule has 2 aromatic rings. The maximum Gasteiger partial charge on any atom is 0.263 e. The fraction of sp³-hybridized carbons (Fsp3) is 0.571. The van der Waals surface area contributed by atoms with Gasteiger partial charge in [-0.25, -0.2) is 9.97 Å². The van der Waals surface area contributed by atoms with E-state index in [1.165, 1.54) is 17.5 Å². The second-order valence-corrected chi connectivity index (χ2v) is 7.24. The molecular weight excluding hydrogens is 318 g/mol. The second-order valence-electron chi connectivity index (χ2n) is 6.17. The molecule has 3 rings (SSSR count). The maximum absolute atomic E-state index is 12.2. The van der Waals surface area contributed by atoms with Crippen LogP contribution in [0, 0.1) is 0 Å². The molecule has 23 heavy (non-hydrogen) atoms. The average molecular weight is 337 g/mol. The van der Waals surface area contributed by atoms with E-state index in [4.69, 9.17) is 9.47 Å². The molecule has 2 N–H and O–H groups in total. The summed E-state index contributed by atoms with van der Waals surface area (Å²) in [6.07, 6.45) is 1.08. The van der Waals surface area contributed by atoms with Crippen LogP contribution in [0.5, 0.6) is 0 Å². The Bertz CT molecular complexity index is 685. The lowest BCUT2D eigenvalue weighted by atomic mass is 9.96. The number of carbonyl (C=O) groups excluding carboxylic acids is 1. The highest BCUT2D eigenvalue weighted by atomic mass is 32.1. The Balaban J connectivity index is 1.58. The highest BCUT2D eigenvalue weighted by Gasteiger charge is 2.23. The van der Waals surface area contributed by atoms with Crippen molar-refractivity contribution in [3.8, 4) is 0 Å². The van der Waals surface area contributed by atoms with Crippen molar-refractivity contribution in [3.05, 3.63) is 27.7 Å². The predicted molar refractivity (Wildman–Crippen MR) is 83.0 cm³/mol. The van der Waals surface area contributed by atoms with E-state index in [9.17, 15) is 4.79 Å². The summed E-state index contributed by atoms with van der Waals surface area (Å²) >= 11 is 1.26. The van der Waals surface area contributed by atoms with Crippen molar-refractivity contribution >= 4 is 17.2 Å². The zero-order chi connectivity index (χ0) is 16.4. The van der Waals surface area contributed by atoms with Gasteiger partial charge in [-0.2, -0.15) is 5.10 Å². The molecule has 8 nitrogen and oxygen atoms in total. The van der Waals surface area contributed by atoms with E-state index in [2.05, 4.69) is 25.5 Å². The third-order valence-corrected chi connectivity index (χ3v) is 4.21. The molecule has 0 aromatic carbocycles. The molecule has 1 aliphatic rings. The van der Waals surface area contributed by atoms with Gasteiger partial charge in [-0.1, -0.05) is 20.8 Å². The van der Waals surface area contributed by atoms with Gasteiger partial charge < -0.3 is 14.8 Å². The molecule has 0 aliphatic carbocycles. The van der Waals surface area contributed by atoms with Crippen LogP contribution in [0.3, 0.4) is 0 Å². The van der Waals surface area contributed by atoms with Gasteiger partial charge in [0.1, 0.15) is 15.7 Å². The number of nitrogens with one attached hydrogen (secondary N) is 2. The fourth-order valence-electron chi connectivity index (χ4n) is 1.96. The Labute approximate surface area is 137 Å². The van der Waals surface area contributed by atoms with E-state index < -0.39 is 6.29 Å². The smallest absolute Gasteiger partial charge is 0.263 e. The minimum Gasteiger partial charge on any atom is -0.344 e. The number of amides is 1. The van der Waals surface area contributed by atoms with E-state index in [1.807, 2.05) is 20.8 Å². The second kappa shape index (κ2) is 6.34. The van der Waals surface area contributed by atoms with Crippen molar-refractivity contribution in [2.75, 3.05) is 13.2 Å². The van der Waals surface area contributed by atoms with Gasteiger partial charge in [-0.3, -0.25) is 9.89 Å². The van der Waals surface area contributed by atoms with Crippen LogP contribution < -0.4 is 5.32 Å². The Morgan fingerprint density at radius 1 is 1.43 bits per heavy atom. The van der Waals surface area contributed by atoms with Gasteiger partial charge in [0.05, 0.1) is 26.0 Å². The molecule has 0 unspecified atom stereocenters. The van der Waals surface area contributed by atoms with Crippen LogP contribution in [0.4, 0.5) is 0 Å². The van der Waals surface area contributed by atoms with Gasteiger partial charge in [-0.05, 0) is 0 Å². The van der Waals surface area contributed by atoms with E-state index in [0.717, 1.165) is 5.82 Å². The highest BCUT2D eigenvalue weighted by molar-refractivity contribution is 7.13. The monoisotopic (exact) mass is 337 g/mol. The van der Waals surface area contributed by atoms with Gasteiger partial charge in [0.2, 0.25) is 6.29 Å². The van der Waals surface area contributed by atoms with Crippen LogP contribution in [0.1, 0.15) is 53.4 Å². The highest BCUT2D eigenvalue weighted by Crippen LogP contribution is 2.27. The molecular formula is C14H19N5O3S.